The summed E-state index contributed by atoms with van der Waals surface area (Å²) in [6.07, 6.45) is 3.26. The molecule has 94 valence electrons. The van der Waals surface area contributed by atoms with Crippen molar-refractivity contribution in [1.29, 1.82) is 0 Å². The molecule has 1 saturated carbocycles. The standard InChI is InChI=1S/C13H25NO2/c1-10-6-12(2,3)7-11(10)14-8-13(15)4-5-16-9-13/h10-11,14-15H,4-9H2,1-3H3. The first-order valence-electron chi connectivity index (χ1n) is 6.44. The molecule has 2 aliphatic rings. The van der Waals surface area contributed by atoms with Crippen LogP contribution in [0.4, 0.5) is 0 Å². The van der Waals surface area contributed by atoms with E-state index in [4.69, 9.17) is 4.74 Å². The summed E-state index contributed by atoms with van der Waals surface area (Å²) in [5, 5.41) is 13.7. The first kappa shape index (κ1) is 12.3. The van der Waals surface area contributed by atoms with E-state index in [-0.39, 0.29) is 0 Å². The largest absolute Gasteiger partial charge is 0.386 e. The van der Waals surface area contributed by atoms with E-state index in [2.05, 4.69) is 26.1 Å². The van der Waals surface area contributed by atoms with Crippen molar-refractivity contribution in [3.05, 3.63) is 0 Å². The lowest BCUT2D eigenvalue weighted by molar-refractivity contribution is 0.0238. The van der Waals surface area contributed by atoms with Crippen molar-refractivity contribution in [2.24, 2.45) is 11.3 Å². The number of aliphatic hydroxyl groups is 1. The first-order chi connectivity index (χ1) is 7.40. The van der Waals surface area contributed by atoms with Gasteiger partial charge in [-0.15, -0.1) is 0 Å². The van der Waals surface area contributed by atoms with Gasteiger partial charge in [-0.05, 0) is 24.2 Å². The van der Waals surface area contributed by atoms with Crippen LogP contribution in [0.1, 0.15) is 40.0 Å². The van der Waals surface area contributed by atoms with Gasteiger partial charge in [0, 0.05) is 25.6 Å². The molecule has 2 rings (SSSR count). The fraction of sp³-hybridized carbons (Fsp3) is 1.00. The molecule has 0 aromatic carbocycles. The lowest BCUT2D eigenvalue weighted by Gasteiger charge is -2.25. The van der Waals surface area contributed by atoms with Crippen molar-refractivity contribution in [3.63, 3.8) is 0 Å². The van der Waals surface area contributed by atoms with E-state index >= 15 is 0 Å². The summed E-state index contributed by atoms with van der Waals surface area (Å²) in [7, 11) is 0. The lowest BCUT2D eigenvalue weighted by Crippen LogP contribution is -2.45. The van der Waals surface area contributed by atoms with Gasteiger partial charge in [0.2, 0.25) is 0 Å². The SMILES string of the molecule is CC1CC(C)(C)CC1NCC1(O)CCOC1. The summed E-state index contributed by atoms with van der Waals surface area (Å²) in [5.41, 5.74) is -0.168. The molecule has 0 aromatic rings. The molecule has 1 aliphatic carbocycles. The van der Waals surface area contributed by atoms with Crippen LogP contribution in [0.5, 0.6) is 0 Å². The summed E-state index contributed by atoms with van der Waals surface area (Å²) < 4.78 is 5.25. The smallest absolute Gasteiger partial charge is 0.102 e. The van der Waals surface area contributed by atoms with Crippen LogP contribution in [0.15, 0.2) is 0 Å². The van der Waals surface area contributed by atoms with E-state index in [1.807, 2.05) is 0 Å². The highest BCUT2D eigenvalue weighted by Crippen LogP contribution is 2.40. The number of nitrogens with one attached hydrogen (secondary N) is 1. The summed E-state index contributed by atoms with van der Waals surface area (Å²) in [5.74, 6) is 0.709. The molecule has 1 heterocycles. The van der Waals surface area contributed by atoms with Crippen molar-refractivity contribution < 1.29 is 9.84 Å². The maximum Gasteiger partial charge on any atom is 0.102 e. The maximum absolute atomic E-state index is 10.2. The van der Waals surface area contributed by atoms with Gasteiger partial charge in [0.25, 0.3) is 0 Å². The van der Waals surface area contributed by atoms with Gasteiger partial charge >= 0.3 is 0 Å². The summed E-state index contributed by atoms with van der Waals surface area (Å²) in [6, 6.07) is 0.555. The molecule has 0 spiro atoms. The topological polar surface area (TPSA) is 41.5 Å². The maximum atomic E-state index is 10.2. The van der Waals surface area contributed by atoms with Gasteiger partial charge in [0.05, 0.1) is 6.61 Å². The van der Waals surface area contributed by atoms with Gasteiger partial charge in [-0.2, -0.15) is 0 Å². The molecule has 16 heavy (non-hydrogen) atoms. The van der Waals surface area contributed by atoms with Gasteiger partial charge in [-0.1, -0.05) is 20.8 Å². The Morgan fingerprint density at radius 3 is 2.62 bits per heavy atom. The van der Waals surface area contributed by atoms with E-state index < -0.39 is 5.60 Å². The molecule has 3 unspecified atom stereocenters. The molecular formula is C13H25NO2. The minimum absolute atomic E-state index is 0.450. The van der Waals surface area contributed by atoms with Crippen LogP contribution in [0.3, 0.4) is 0 Å². The molecule has 1 saturated heterocycles. The highest BCUT2D eigenvalue weighted by Gasteiger charge is 2.39. The van der Waals surface area contributed by atoms with Crippen LogP contribution in [0, 0.1) is 11.3 Å². The number of hydrogen-bond donors (Lipinski definition) is 2. The van der Waals surface area contributed by atoms with Crippen LogP contribution < -0.4 is 5.32 Å². The molecule has 3 heteroatoms. The van der Waals surface area contributed by atoms with E-state index in [1.54, 1.807) is 0 Å². The Bertz CT molecular complexity index is 246. The third kappa shape index (κ3) is 2.76. The third-order valence-corrected chi connectivity index (χ3v) is 4.11. The van der Waals surface area contributed by atoms with Crippen molar-refractivity contribution >= 4 is 0 Å². The average Bonchev–Trinajstić information content (AvgIpc) is 2.68. The molecular weight excluding hydrogens is 202 g/mol. The number of rotatable bonds is 3. The average molecular weight is 227 g/mol. The van der Waals surface area contributed by atoms with Crippen LogP contribution in [0.2, 0.25) is 0 Å². The Labute approximate surface area is 98.6 Å². The zero-order valence-electron chi connectivity index (χ0n) is 10.8. The Balaban J connectivity index is 1.82. The molecule has 1 aliphatic heterocycles. The zero-order valence-corrected chi connectivity index (χ0v) is 10.8. The second-order valence-corrected chi connectivity index (χ2v) is 6.56. The predicted molar refractivity (Wildman–Crippen MR) is 64.4 cm³/mol. The molecule has 0 aromatic heterocycles. The van der Waals surface area contributed by atoms with Crippen LogP contribution in [0.25, 0.3) is 0 Å². The van der Waals surface area contributed by atoms with Gasteiger partial charge in [-0.25, -0.2) is 0 Å². The Kier molecular flexibility index (Phi) is 3.30. The Hall–Kier alpha value is -0.120. The highest BCUT2D eigenvalue weighted by molar-refractivity contribution is 4.94. The molecule has 0 radical (unpaired) electrons. The van der Waals surface area contributed by atoms with E-state index in [1.165, 1.54) is 12.8 Å². The highest BCUT2D eigenvalue weighted by atomic mass is 16.5. The lowest BCUT2D eigenvalue weighted by atomic mass is 9.91. The predicted octanol–water partition coefficient (Wildman–Crippen LogP) is 1.55. The van der Waals surface area contributed by atoms with Crippen molar-refractivity contribution in [2.45, 2.75) is 51.7 Å². The summed E-state index contributed by atoms with van der Waals surface area (Å²) >= 11 is 0. The Morgan fingerprint density at radius 1 is 1.38 bits per heavy atom. The third-order valence-electron chi connectivity index (χ3n) is 4.11. The van der Waals surface area contributed by atoms with Crippen molar-refractivity contribution in [1.82, 2.24) is 5.32 Å². The molecule has 2 N–H and O–H groups in total. The fourth-order valence-corrected chi connectivity index (χ4v) is 3.22. The molecule has 0 amide bonds. The number of hydrogen-bond acceptors (Lipinski definition) is 3. The normalized spacial score (nSPS) is 42.8. The Morgan fingerprint density at radius 2 is 2.12 bits per heavy atom. The van der Waals surface area contributed by atoms with Gasteiger partial charge in [0.15, 0.2) is 0 Å². The minimum atomic E-state index is -0.619. The zero-order chi connectivity index (χ0) is 11.8. The fourth-order valence-electron chi connectivity index (χ4n) is 3.22. The first-order valence-corrected chi connectivity index (χ1v) is 6.44. The molecule has 2 fully saturated rings. The van der Waals surface area contributed by atoms with Gasteiger partial charge in [-0.3, -0.25) is 0 Å². The van der Waals surface area contributed by atoms with Crippen LogP contribution >= 0.6 is 0 Å². The minimum Gasteiger partial charge on any atom is -0.386 e. The second kappa shape index (κ2) is 4.28. The van der Waals surface area contributed by atoms with Gasteiger partial charge in [0.1, 0.15) is 5.60 Å². The summed E-state index contributed by atoms with van der Waals surface area (Å²) in [6.45, 7) is 8.84. The quantitative estimate of drug-likeness (QED) is 0.768. The number of ether oxygens (including phenoxy) is 1. The van der Waals surface area contributed by atoms with Crippen LogP contribution in [-0.2, 0) is 4.74 Å². The molecule has 3 nitrogen and oxygen atoms in total. The molecule has 3 atom stereocenters. The van der Waals surface area contributed by atoms with Crippen molar-refractivity contribution in [3.8, 4) is 0 Å². The molecule has 0 bridgehead atoms. The van der Waals surface area contributed by atoms with E-state index in [9.17, 15) is 5.11 Å². The second-order valence-electron chi connectivity index (χ2n) is 6.56. The van der Waals surface area contributed by atoms with E-state index in [0.717, 1.165) is 6.42 Å². The van der Waals surface area contributed by atoms with Crippen LogP contribution in [-0.4, -0.2) is 36.5 Å². The van der Waals surface area contributed by atoms with E-state index in [0.29, 0.717) is 37.1 Å². The summed E-state index contributed by atoms with van der Waals surface area (Å²) in [4.78, 5) is 0. The van der Waals surface area contributed by atoms with Gasteiger partial charge < -0.3 is 15.2 Å². The van der Waals surface area contributed by atoms with Crippen molar-refractivity contribution in [2.75, 3.05) is 19.8 Å². The monoisotopic (exact) mass is 227 g/mol.